The van der Waals surface area contributed by atoms with Gasteiger partial charge in [0, 0.05) is 5.92 Å². The summed E-state index contributed by atoms with van der Waals surface area (Å²) in [6.45, 7) is 0. The highest BCUT2D eigenvalue weighted by Gasteiger charge is 2.64. The summed E-state index contributed by atoms with van der Waals surface area (Å²) in [5, 5.41) is -0.252. The molecule has 0 aromatic heterocycles. The molecule has 0 aliphatic carbocycles. The Balaban J connectivity index is 1.93. The Labute approximate surface area is 88.0 Å². The quantitative estimate of drug-likeness (QED) is 0.663. The van der Waals surface area contributed by atoms with E-state index in [-0.39, 0.29) is 23.4 Å². The van der Waals surface area contributed by atoms with Crippen LogP contribution in [0.15, 0.2) is 24.3 Å². The largest absolute Gasteiger partial charge is 0.364 e. The van der Waals surface area contributed by atoms with Gasteiger partial charge in [-0.3, -0.25) is 0 Å². The maximum absolute atomic E-state index is 11.6. The maximum atomic E-state index is 11.6. The molecule has 3 aliphatic rings. The fraction of sp³-hybridized carbons (Fsp3) is 0.455. The van der Waals surface area contributed by atoms with Crippen LogP contribution in [-0.2, 0) is 14.6 Å². The molecule has 0 spiro atoms. The van der Waals surface area contributed by atoms with Crippen molar-refractivity contribution < 1.29 is 13.2 Å². The Kier molecular flexibility index (Phi) is 1.26. The minimum atomic E-state index is -2.86. The molecule has 2 bridgehead atoms. The van der Waals surface area contributed by atoms with E-state index in [2.05, 4.69) is 6.07 Å². The molecule has 4 atom stereocenters. The standard InChI is InChI=1S/C11H10O3S/c12-15(13)5-8-9-6-3-1-2-4-7(6)10(14-9)11(8)15/h1-4,8-11H,5H2/t8-,9-,10-,11-/m0/s1. The fourth-order valence-corrected chi connectivity index (χ4v) is 5.35. The molecule has 0 saturated carbocycles. The van der Waals surface area contributed by atoms with Crippen molar-refractivity contribution in [3.05, 3.63) is 35.4 Å². The van der Waals surface area contributed by atoms with Crippen molar-refractivity contribution in [3.8, 4) is 0 Å². The summed E-state index contributed by atoms with van der Waals surface area (Å²) in [5.41, 5.74) is 2.30. The van der Waals surface area contributed by atoms with E-state index in [4.69, 9.17) is 4.74 Å². The number of fused-ring (bicyclic) bond motifs is 8. The van der Waals surface area contributed by atoms with Gasteiger partial charge in [-0.2, -0.15) is 0 Å². The second-order valence-corrected chi connectivity index (χ2v) is 6.77. The van der Waals surface area contributed by atoms with Gasteiger partial charge in [-0.1, -0.05) is 24.3 Å². The van der Waals surface area contributed by atoms with Crippen LogP contribution < -0.4 is 0 Å². The molecule has 1 aromatic rings. The van der Waals surface area contributed by atoms with Crippen molar-refractivity contribution in [1.29, 1.82) is 0 Å². The van der Waals surface area contributed by atoms with Gasteiger partial charge in [0.15, 0.2) is 9.84 Å². The number of hydrogen-bond acceptors (Lipinski definition) is 3. The minimum Gasteiger partial charge on any atom is -0.364 e. The van der Waals surface area contributed by atoms with Crippen LogP contribution in [0.5, 0.6) is 0 Å². The van der Waals surface area contributed by atoms with Crippen LogP contribution >= 0.6 is 0 Å². The van der Waals surface area contributed by atoms with Crippen LogP contribution in [0.1, 0.15) is 23.3 Å². The zero-order chi connectivity index (χ0) is 10.2. The molecule has 3 heterocycles. The van der Waals surface area contributed by atoms with Gasteiger partial charge in [-0.05, 0) is 11.1 Å². The number of benzene rings is 1. The van der Waals surface area contributed by atoms with Crippen molar-refractivity contribution in [2.24, 2.45) is 5.92 Å². The van der Waals surface area contributed by atoms with Gasteiger partial charge in [0.25, 0.3) is 0 Å². The fourth-order valence-electron chi connectivity index (χ4n) is 3.21. The number of sulfone groups is 1. The molecule has 3 aliphatic heterocycles. The summed E-state index contributed by atoms with van der Waals surface area (Å²) in [6, 6.07) is 7.99. The third-order valence-electron chi connectivity index (χ3n) is 3.85. The SMILES string of the molecule is O=S1(=O)C[C@@H]2[C@H]1[C@H]1O[C@H]2c2ccccc21. The molecule has 0 unspecified atom stereocenters. The molecule has 1 aromatic carbocycles. The number of rotatable bonds is 0. The first-order valence-corrected chi connectivity index (χ1v) is 6.86. The Morgan fingerprint density at radius 1 is 1.13 bits per heavy atom. The van der Waals surface area contributed by atoms with Crippen molar-refractivity contribution in [2.45, 2.75) is 17.5 Å². The molecular formula is C11H10O3S. The number of ether oxygens (including phenoxy) is 1. The van der Waals surface area contributed by atoms with E-state index in [1.54, 1.807) is 0 Å². The van der Waals surface area contributed by atoms with Crippen molar-refractivity contribution in [1.82, 2.24) is 0 Å². The van der Waals surface area contributed by atoms with E-state index < -0.39 is 9.84 Å². The molecule has 15 heavy (non-hydrogen) atoms. The molecule has 3 nitrogen and oxygen atoms in total. The smallest absolute Gasteiger partial charge is 0.156 e. The summed E-state index contributed by atoms with van der Waals surface area (Å²) < 4.78 is 29.0. The summed E-state index contributed by atoms with van der Waals surface area (Å²) in [6.07, 6.45) is -0.144. The van der Waals surface area contributed by atoms with Crippen LogP contribution in [0.25, 0.3) is 0 Å². The van der Waals surface area contributed by atoms with Gasteiger partial charge < -0.3 is 4.74 Å². The minimum absolute atomic E-state index is 0.0414. The normalized spacial score (nSPS) is 43.2. The third-order valence-corrected chi connectivity index (χ3v) is 6.13. The van der Waals surface area contributed by atoms with Gasteiger partial charge in [0.2, 0.25) is 0 Å². The predicted molar refractivity (Wildman–Crippen MR) is 54.1 cm³/mol. The monoisotopic (exact) mass is 222 g/mol. The van der Waals surface area contributed by atoms with Gasteiger partial charge >= 0.3 is 0 Å². The van der Waals surface area contributed by atoms with Crippen LogP contribution in [0.4, 0.5) is 0 Å². The van der Waals surface area contributed by atoms with E-state index in [0.29, 0.717) is 5.75 Å². The van der Waals surface area contributed by atoms with Crippen molar-refractivity contribution in [3.63, 3.8) is 0 Å². The summed E-state index contributed by atoms with van der Waals surface area (Å²) in [4.78, 5) is 0. The second kappa shape index (κ2) is 2.28. The molecule has 4 rings (SSSR count). The zero-order valence-electron chi connectivity index (χ0n) is 7.96. The summed E-state index contributed by atoms with van der Waals surface area (Å²) >= 11 is 0. The topological polar surface area (TPSA) is 43.4 Å². The van der Waals surface area contributed by atoms with E-state index in [1.165, 1.54) is 5.56 Å². The highest BCUT2D eigenvalue weighted by molar-refractivity contribution is 7.93. The average molecular weight is 222 g/mol. The lowest BCUT2D eigenvalue weighted by Crippen LogP contribution is -2.49. The molecule has 0 N–H and O–H groups in total. The first kappa shape index (κ1) is 8.30. The predicted octanol–water partition coefficient (Wildman–Crippen LogP) is 1.23. The number of hydrogen-bond donors (Lipinski definition) is 0. The van der Waals surface area contributed by atoms with E-state index in [9.17, 15) is 8.42 Å². The molecular weight excluding hydrogens is 212 g/mol. The van der Waals surface area contributed by atoms with Crippen molar-refractivity contribution >= 4 is 9.84 Å². The highest BCUT2D eigenvalue weighted by Crippen LogP contribution is 2.60. The lowest BCUT2D eigenvalue weighted by molar-refractivity contribution is 0.0646. The lowest BCUT2D eigenvalue weighted by Gasteiger charge is -2.37. The summed E-state index contributed by atoms with van der Waals surface area (Å²) in [5.74, 6) is 0.530. The van der Waals surface area contributed by atoms with Gasteiger partial charge in [0.1, 0.15) is 6.10 Å². The Morgan fingerprint density at radius 3 is 2.47 bits per heavy atom. The first-order valence-electron chi connectivity index (χ1n) is 5.14. The summed E-state index contributed by atoms with van der Waals surface area (Å²) in [7, 11) is -2.86. The molecule has 78 valence electrons. The molecule has 2 fully saturated rings. The third kappa shape index (κ3) is 0.799. The molecule has 2 saturated heterocycles. The van der Waals surface area contributed by atoms with Gasteiger partial charge in [-0.25, -0.2) is 8.42 Å². The van der Waals surface area contributed by atoms with Crippen LogP contribution in [0, 0.1) is 5.92 Å². The molecule has 4 heteroatoms. The molecule has 0 radical (unpaired) electrons. The Hall–Kier alpha value is -0.870. The second-order valence-electron chi connectivity index (χ2n) is 4.56. The highest BCUT2D eigenvalue weighted by atomic mass is 32.2. The maximum Gasteiger partial charge on any atom is 0.156 e. The Bertz CT molecular complexity index is 549. The van der Waals surface area contributed by atoms with E-state index in [0.717, 1.165) is 5.56 Å². The van der Waals surface area contributed by atoms with Crippen LogP contribution in [0.2, 0.25) is 0 Å². The van der Waals surface area contributed by atoms with Crippen LogP contribution in [0.3, 0.4) is 0 Å². The zero-order valence-corrected chi connectivity index (χ0v) is 8.78. The average Bonchev–Trinajstić information content (AvgIpc) is 2.70. The lowest BCUT2D eigenvalue weighted by atomic mass is 9.84. The first-order chi connectivity index (χ1) is 7.18. The van der Waals surface area contributed by atoms with E-state index >= 15 is 0 Å². The van der Waals surface area contributed by atoms with Crippen molar-refractivity contribution in [2.75, 3.05) is 5.75 Å². The Morgan fingerprint density at radius 2 is 1.80 bits per heavy atom. The van der Waals surface area contributed by atoms with Crippen LogP contribution in [-0.4, -0.2) is 19.4 Å². The van der Waals surface area contributed by atoms with Gasteiger partial charge in [-0.15, -0.1) is 0 Å². The van der Waals surface area contributed by atoms with Gasteiger partial charge in [0.05, 0.1) is 17.1 Å². The van der Waals surface area contributed by atoms with E-state index in [1.807, 2.05) is 18.2 Å². The molecule has 0 amide bonds.